The maximum atomic E-state index is 13.3. The highest BCUT2D eigenvalue weighted by molar-refractivity contribution is 7.93. The fourth-order valence-corrected chi connectivity index (χ4v) is 4.73. The first kappa shape index (κ1) is 19.9. The molecule has 1 N–H and O–H groups in total. The van der Waals surface area contributed by atoms with Crippen LogP contribution in [-0.2, 0) is 22.4 Å². The van der Waals surface area contributed by atoms with Crippen LogP contribution in [0, 0.1) is 0 Å². The molecule has 30 heavy (non-hydrogen) atoms. The quantitative estimate of drug-likeness (QED) is 0.659. The van der Waals surface area contributed by atoms with Crippen molar-refractivity contribution in [2.24, 2.45) is 9.36 Å². The number of benzene rings is 3. The summed E-state index contributed by atoms with van der Waals surface area (Å²) in [6.45, 7) is 0. The average molecular weight is 437 g/mol. The predicted molar refractivity (Wildman–Crippen MR) is 118 cm³/mol. The zero-order valence-electron chi connectivity index (χ0n) is 15.5. The number of sulfonamides is 1. The number of para-hydroxylation sites is 2. The number of carbonyl (C=O) groups is 1. The molecule has 2 amide bonds. The molecule has 3 aromatic carbocycles. The lowest BCUT2D eigenvalue weighted by Crippen LogP contribution is -2.36. The van der Waals surface area contributed by atoms with Gasteiger partial charge in [0.05, 0.1) is 10.6 Å². The van der Waals surface area contributed by atoms with Gasteiger partial charge in [0.1, 0.15) is 6.17 Å². The number of nitrogens with one attached hydrogen (secondary N) is 1. The number of aliphatic imine (C=N–C) groups is 1. The summed E-state index contributed by atoms with van der Waals surface area (Å²) >= 11 is 4.55. The maximum absolute atomic E-state index is 13.3. The van der Waals surface area contributed by atoms with Gasteiger partial charge in [0.25, 0.3) is 10.0 Å². The largest absolute Gasteiger partial charge is 0.373 e. The highest BCUT2D eigenvalue weighted by Gasteiger charge is 2.34. The van der Waals surface area contributed by atoms with E-state index in [0.29, 0.717) is 9.87 Å². The van der Waals surface area contributed by atoms with Gasteiger partial charge >= 0.3 is 6.03 Å². The molecule has 1 unspecified atom stereocenters. The lowest BCUT2D eigenvalue weighted by Gasteiger charge is -2.27. The van der Waals surface area contributed by atoms with Crippen LogP contribution in [-0.4, -0.2) is 20.7 Å². The monoisotopic (exact) mass is 436 g/mol. The lowest BCUT2D eigenvalue weighted by molar-refractivity contribution is 0.257. The minimum absolute atomic E-state index is 0.0442. The van der Waals surface area contributed by atoms with E-state index in [0.717, 1.165) is 11.3 Å². The number of hydrogen-bond donors (Lipinski definition) is 1. The molecule has 9 heteroatoms. The molecule has 0 bridgehead atoms. The minimum Gasteiger partial charge on any atom is -0.359 e. The van der Waals surface area contributed by atoms with Gasteiger partial charge in [-0.05, 0) is 24.3 Å². The maximum Gasteiger partial charge on any atom is 0.373 e. The summed E-state index contributed by atoms with van der Waals surface area (Å²) in [5.41, 5.74) is 2.39. The topological polar surface area (TPSA) is 91.2 Å². The summed E-state index contributed by atoms with van der Waals surface area (Å²) in [5, 5.41) is 3.27. The van der Waals surface area contributed by atoms with E-state index in [1.54, 1.807) is 42.6 Å². The van der Waals surface area contributed by atoms with Crippen molar-refractivity contribution >= 4 is 46.1 Å². The van der Waals surface area contributed by atoms with Crippen molar-refractivity contribution in [2.45, 2.75) is 11.1 Å². The van der Waals surface area contributed by atoms with Crippen molar-refractivity contribution in [1.29, 1.82) is 0 Å². The second-order valence-electron chi connectivity index (χ2n) is 6.43. The van der Waals surface area contributed by atoms with Crippen LogP contribution in [0.15, 0.2) is 93.1 Å². The van der Waals surface area contributed by atoms with Gasteiger partial charge in [-0.2, -0.15) is 4.31 Å². The fraction of sp³-hybridized carbons (Fsp3) is 0.0476. The minimum atomic E-state index is -4.24. The summed E-state index contributed by atoms with van der Waals surface area (Å²) < 4.78 is 30.5. The number of nitrogens with zero attached hydrogens (tertiary/aromatic N) is 3. The Bertz CT molecular complexity index is 1240. The lowest BCUT2D eigenvalue weighted by atomic mass is 10.1. The summed E-state index contributed by atoms with van der Waals surface area (Å²) in [5.74, 6) is 0. The number of hydrogen-bond acceptors (Lipinski definition) is 6. The fourth-order valence-electron chi connectivity index (χ4n) is 3.21. The Morgan fingerprint density at radius 3 is 2.40 bits per heavy atom. The number of fused-ring (bicyclic) bond motifs is 1. The van der Waals surface area contributed by atoms with E-state index in [1.807, 2.05) is 24.3 Å². The second-order valence-corrected chi connectivity index (χ2v) is 8.40. The SMILES string of the molecule is O=C(N=S)N(c1ccccc1C1N=Cc2ccccc2N1)S(=O)(=O)c1ccccc1. The summed E-state index contributed by atoms with van der Waals surface area (Å²) in [6.07, 6.45) is 1.12. The molecule has 4 rings (SSSR count). The molecule has 0 saturated carbocycles. The molecule has 1 aliphatic rings. The molecule has 150 valence electrons. The zero-order chi connectivity index (χ0) is 21.1. The van der Waals surface area contributed by atoms with E-state index in [2.05, 4.69) is 27.1 Å². The summed E-state index contributed by atoms with van der Waals surface area (Å²) in [4.78, 5) is 17.0. The van der Waals surface area contributed by atoms with Gasteiger partial charge in [-0.25, -0.2) is 13.2 Å². The van der Waals surface area contributed by atoms with Gasteiger partial charge in [0, 0.05) is 35.5 Å². The van der Waals surface area contributed by atoms with E-state index in [9.17, 15) is 13.2 Å². The molecule has 0 aliphatic carbocycles. The highest BCUT2D eigenvalue weighted by atomic mass is 32.2. The van der Waals surface area contributed by atoms with Crippen molar-refractivity contribution < 1.29 is 13.2 Å². The first-order chi connectivity index (χ1) is 14.5. The molecule has 1 heterocycles. The van der Waals surface area contributed by atoms with Crippen molar-refractivity contribution in [1.82, 2.24) is 0 Å². The molecular weight excluding hydrogens is 420 g/mol. The van der Waals surface area contributed by atoms with Crippen molar-refractivity contribution in [2.75, 3.05) is 9.62 Å². The van der Waals surface area contributed by atoms with E-state index < -0.39 is 22.2 Å². The Morgan fingerprint density at radius 2 is 1.63 bits per heavy atom. The summed E-state index contributed by atoms with van der Waals surface area (Å²) in [7, 11) is -4.24. The van der Waals surface area contributed by atoms with Gasteiger partial charge in [-0.15, -0.1) is 4.36 Å². The third-order valence-electron chi connectivity index (χ3n) is 4.60. The average Bonchev–Trinajstić information content (AvgIpc) is 2.79. The van der Waals surface area contributed by atoms with Crippen molar-refractivity contribution in [3.63, 3.8) is 0 Å². The molecule has 7 nitrogen and oxygen atoms in total. The zero-order valence-corrected chi connectivity index (χ0v) is 17.2. The molecule has 0 saturated heterocycles. The first-order valence-electron chi connectivity index (χ1n) is 8.98. The van der Waals surface area contributed by atoms with Crippen LogP contribution < -0.4 is 9.62 Å². The van der Waals surface area contributed by atoms with E-state index in [-0.39, 0.29) is 10.6 Å². The van der Waals surface area contributed by atoms with Gasteiger partial charge in [0.2, 0.25) is 0 Å². The molecule has 0 radical (unpaired) electrons. The van der Waals surface area contributed by atoms with Crippen LogP contribution in [0.2, 0.25) is 0 Å². The Kier molecular flexibility index (Phi) is 5.39. The van der Waals surface area contributed by atoms with Gasteiger partial charge in [0.15, 0.2) is 0 Å². The van der Waals surface area contributed by atoms with Crippen LogP contribution >= 0.6 is 0 Å². The Labute approximate surface area is 179 Å². The van der Waals surface area contributed by atoms with Crippen molar-refractivity contribution in [3.05, 3.63) is 90.0 Å². The highest BCUT2D eigenvalue weighted by Crippen LogP contribution is 2.35. The molecule has 0 spiro atoms. The van der Waals surface area contributed by atoms with Crippen LogP contribution in [0.4, 0.5) is 16.2 Å². The van der Waals surface area contributed by atoms with E-state index in [4.69, 9.17) is 0 Å². The number of rotatable bonds is 4. The van der Waals surface area contributed by atoms with Crippen LogP contribution in [0.3, 0.4) is 0 Å². The smallest absolute Gasteiger partial charge is 0.359 e. The standard InChI is InChI=1S/C21H16N4O3S2/c26-21(24-29)25(30(27,28)16-9-2-1-3-10-16)19-13-7-5-11-17(19)20-22-14-15-8-4-6-12-18(15)23-20/h1-14,20,23H. The van der Waals surface area contributed by atoms with Gasteiger partial charge < -0.3 is 5.32 Å². The van der Waals surface area contributed by atoms with Crippen LogP contribution in [0.25, 0.3) is 0 Å². The third kappa shape index (κ3) is 3.60. The number of urea groups is 1. The third-order valence-corrected chi connectivity index (χ3v) is 6.46. The van der Waals surface area contributed by atoms with Gasteiger partial charge in [-0.1, -0.05) is 54.6 Å². The Balaban J connectivity index is 1.83. The summed E-state index contributed by atoms with van der Waals surface area (Å²) in [6, 6.07) is 20.8. The number of amides is 2. The van der Waals surface area contributed by atoms with Gasteiger partial charge in [-0.3, -0.25) is 4.99 Å². The first-order valence-corrected chi connectivity index (χ1v) is 10.8. The Morgan fingerprint density at radius 1 is 0.967 bits per heavy atom. The number of carbonyl (C=O) groups excluding carboxylic acids is 1. The molecule has 0 fully saturated rings. The molecular formula is C21H16N4O3S2. The normalized spacial score (nSPS) is 15.0. The predicted octanol–water partition coefficient (Wildman–Crippen LogP) is 4.28. The molecule has 3 aromatic rings. The molecule has 1 aliphatic heterocycles. The van der Waals surface area contributed by atoms with E-state index in [1.165, 1.54) is 18.2 Å². The van der Waals surface area contributed by atoms with Crippen LogP contribution in [0.5, 0.6) is 0 Å². The van der Waals surface area contributed by atoms with E-state index >= 15 is 0 Å². The number of anilines is 2. The van der Waals surface area contributed by atoms with Crippen LogP contribution in [0.1, 0.15) is 17.3 Å². The van der Waals surface area contributed by atoms with Crippen molar-refractivity contribution in [3.8, 4) is 0 Å². The molecule has 0 aromatic heterocycles. The second kappa shape index (κ2) is 8.13. The molecule has 1 atom stereocenters. The Hall–Kier alpha value is -3.43.